The second kappa shape index (κ2) is 7.77. The molecule has 0 atom stereocenters. The molecule has 0 N–H and O–H groups in total. The average molecular weight is 399 g/mol. The van der Waals surface area contributed by atoms with E-state index in [1.165, 1.54) is 15.6 Å². The number of hydrogen-bond donors (Lipinski definition) is 0. The van der Waals surface area contributed by atoms with E-state index in [1.807, 2.05) is 48.5 Å². The van der Waals surface area contributed by atoms with Gasteiger partial charge >= 0.3 is 138 Å². The molecule has 114 valence electrons. The SMILES string of the molecule is [CH3][Sn]([CH3])([CH3])[CH2]/C=C(\CC(=O)c1ccccc1)c1ccccc1. The molecule has 0 radical (unpaired) electrons. The van der Waals surface area contributed by atoms with Gasteiger partial charge in [-0.25, -0.2) is 0 Å². The van der Waals surface area contributed by atoms with Crippen LogP contribution in [0.1, 0.15) is 22.3 Å². The summed E-state index contributed by atoms with van der Waals surface area (Å²) in [5.74, 6) is 0.194. The van der Waals surface area contributed by atoms with Gasteiger partial charge in [0.25, 0.3) is 0 Å². The first kappa shape index (κ1) is 17.0. The first-order valence-corrected chi connectivity index (χ1v) is 18.4. The summed E-state index contributed by atoms with van der Waals surface area (Å²) in [6.45, 7) is 0. The van der Waals surface area contributed by atoms with Gasteiger partial charge in [-0.3, -0.25) is 0 Å². The second-order valence-electron chi connectivity index (χ2n) is 6.83. The third-order valence-electron chi connectivity index (χ3n) is 3.55. The van der Waals surface area contributed by atoms with Crippen molar-refractivity contribution in [1.29, 1.82) is 0 Å². The molecule has 0 bridgehead atoms. The number of carbonyl (C=O) groups excluding carboxylic acids is 1. The Morgan fingerprint density at radius 2 is 1.36 bits per heavy atom. The first-order chi connectivity index (χ1) is 10.5. The quantitative estimate of drug-likeness (QED) is 0.451. The summed E-state index contributed by atoms with van der Waals surface area (Å²) in [5, 5.41) is 0. The fourth-order valence-corrected chi connectivity index (χ4v) is 4.72. The Morgan fingerprint density at radius 1 is 0.864 bits per heavy atom. The van der Waals surface area contributed by atoms with Gasteiger partial charge in [0.05, 0.1) is 0 Å². The van der Waals surface area contributed by atoms with Crippen LogP contribution in [0.3, 0.4) is 0 Å². The molecule has 2 aromatic rings. The molecule has 0 aromatic heterocycles. The Labute approximate surface area is 137 Å². The molecular formula is C20H24OSn. The van der Waals surface area contributed by atoms with Crippen LogP contribution in [0.15, 0.2) is 66.7 Å². The van der Waals surface area contributed by atoms with E-state index in [1.54, 1.807) is 0 Å². The van der Waals surface area contributed by atoms with Crippen molar-refractivity contribution in [2.24, 2.45) is 0 Å². The molecular weight excluding hydrogens is 375 g/mol. The van der Waals surface area contributed by atoms with Crippen molar-refractivity contribution in [2.75, 3.05) is 0 Å². The Bertz CT molecular complexity index is 636. The number of Topliss-reactive ketones (excluding diaryl/α,β-unsaturated/α-hetero) is 1. The van der Waals surface area contributed by atoms with E-state index in [2.05, 4.69) is 33.0 Å². The van der Waals surface area contributed by atoms with Crippen LogP contribution >= 0.6 is 0 Å². The van der Waals surface area contributed by atoms with E-state index in [-0.39, 0.29) is 5.78 Å². The van der Waals surface area contributed by atoms with Crippen molar-refractivity contribution >= 4 is 29.7 Å². The van der Waals surface area contributed by atoms with Gasteiger partial charge in [-0.1, -0.05) is 0 Å². The Balaban J connectivity index is 2.24. The standard InChI is InChI=1S/C17H15O.3CH3.Sn/c1-2-14(15-9-5-3-6-10-15)13-17(18)16-11-7-4-8-12-16;;;;/h2-12H,1,13H2;3*1H3;/b14-2+;;;;. The molecule has 0 aliphatic carbocycles. The average Bonchev–Trinajstić information content (AvgIpc) is 2.52. The van der Waals surface area contributed by atoms with Gasteiger partial charge in [0.15, 0.2) is 0 Å². The third-order valence-corrected chi connectivity index (χ3v) is 7.63. The summed E-state index contributed by atoms with van der Waals surface area (Å²) in [4.78, 5) is 19.8. The number of ketones is 1. The molecule has 0 spiro atoms. The van der Waals surface area contributed by atoms with Crippen LogP contribution < -0.4 is 0 Å². The van der Waals surface area contributed by atoms with Gasteiger partial charge in [-0.15, -0.1) is 0 Å². The summed E-state index contributed by atoms with van der Waals surface area (Å²) in [7, 11) is 0. The number of hydrogen-bond acceptors (Lipinski definition) is 1. The third kappa shape index (κ3) is 5.45. The summed E-state index contributed by atoms with van der Waals surface area (Å²) in [6, 6.07) is 19.9. The van der Waals surface area contributed by atoms with Gasteiger partial charge in [-0.2, -0.15) is 0 Å². The van der Waals surface area contributed by atoms with Gasteiger partial charge in [-0.05, 0) is 0 Å². The van der Waals surface area contributed by atoms with Crippen LogP contribution in [-0.4, -0.2) is 24.2 Å². The van der Waals surface area contributed by atoms with Crippen LogP contribution in [0.2, 0.25) is 19.3 Å². The fraction of sp³-hybridized carbons (Fsp3) is 0.250. The summed E-state index contributed by atoms with van der Waals surface area (Å²) in [5.41, 5.74) is 3.13. The number of benzene rings is 2. The van der Waals surface area contributed by atoms with E-state index < -0.39 is 18.4 Å². The number of rotatable bonds is 6. The summed E-state index contributed by atoms with van der Waals surface area (Å²) < 4.78 is 1.17. The van der Waals surface area contributed by atoms with Crippen molar-refractivity contribution in [1.82, 2.24) is 0 Å². The topological polar surface area (TPSA) is 17.1 Å². The molecule has 0 amide bonds. The van der Waals surface area contributed by atoms with Crippen molar-refractivity contribution in [3.8, 4) is 0 Å². The molecule has 0 heterocycles. The van der Waals surface area contributed by atoms with Gasteiger partial charge < -0.3 is 0 Å². The molecule has 0 aliphatic rings. The Hall–Kier alpha value is -1.35. The number of carbonyl (C=O) groups is 1. The molecule has 0 saturated heterocycles. The van der Waals surface area contributed by atoms with Crippen molar-refractivity contribution in [3.05, 3.63) is 77.9 Å². The Kier molecular flexibility index (Phi) is 6.01. The van der Waals surface area contributed by atoms with E-state index >= 15 is 0 Å². The second-order valence-corrected chi connectivity index (χ2v) is 22.6. The first-order valence-electron chi connectivity index (χ1n) is 7.78. The zero-order chi connectivity index (χ0) is 16.0. The van der Waals surface area contributed by atoms with Crippen molar-refractivity contribution in [3.63, 3.8) is 0 Å². The zero-order valence-electron chi connectivity index (χ0n) is 13.7. The molecule has 0 saturated carbocycles. The van der Waals surface area contributed by atoms with E-state index in [0.29, 0.717) is 6.42 Å². The molecule has 0 aliphatic heterocycles. The molecule has 0 fully saturated rings. The normalized spacial score (nSPS) is 12.2. The van der Waals surface area contributed by atoms with Crippen LogP contribution in [-0.2, 0) is 0 Å². The maximum absolute atomic E-state index is 12.5. The molecule has 2 aromatic carbocycles. The summed E-state index contributed by atoms with van der Waals surface area (Å²) in [6.07, 6.45) is 2.79. The van der Waals surface area contributed by atoms with Crippen molar-refractivity contribution in [2.45, 2.75) is 25.7 Å². The minimum atomic E-state index is -1.88. The monoisotopic (exact) mass is 400 g/mol. The minimum absolute atomic E-state index is 0.194. The molecule has 0 unspecified atom stereocenters. The van der Waals surface area contributed by atoms with E-state index in [0.717, 1.165) is 5.56 Å². The fourth-order valence-electron chi connectivity index (χ4n) is 2.27. The van der Waals surface area contributed by atoms with Crippen molar-refractivity contribution < 1.29 is 4.79 Å². The van der Waals surface area contributed by atoms with Crippen LogP contribution in [0.5, 0.6) is 0 Å². The van der Waals surface area contributed by atoms with Crippen LogP contribution in [0, 0.1) is 0 Å². The predicted molar refractivity (Wildman–Crippen MR) is 98.0 cm³/mol. The van der Waals surface area contributed by atoms with Gasteiger partial charge in [0, 0.05) is 0 Å². The van der Waals surface area contributed by atoms with Crippen LogP contribution in [0.25, 0.3) is 5.57 Å². The van der Waals surface area contributed by atoms with Crippen LogP contribution in [0.4, 0.5) is 0 Å². The van der Waals surface area contributed by atoms with E-state index in [4.69, 9.17) is 0 Å². The Morgan fingerprint density at radius 3 is 1.86 bits per heavy atom. The zero-order valence-corrected chi connectivity index (χ0v) is 16.5. The predicted octanol–water partition coefficient (Wildman–Crippen LogP) is 5.68. The molecule has 1 nitrogen and oxygen atoms in total. The molecule has 2 heteroatoms. The van der Waals surface area contributed by atoms with E-state index in [9.17, 15) is 4.79 Å². The maximum atomic E-state index is 12.5. The van der Waals surface area contributed by atoms with Gasteiger partial charge in [0.2, 0.25) is 0 Å². The summed E-state index contributed by atoms with van der Waals surface area (Å²) >= 11 is -1.88. The molecule has 22 heavy (non-hydrogen) atoms. The number of allylic oxidation sites excluding steroid dienone is 2. The molecule has 2 rings (SSSR count). The van der Waals surface area contributed by atoms with Gasteiger partial charge in [0.1, 0.15) is 0 Å².